The number of aryl methyl sites for hydroxylation is 2. The van der Waals surface area contributed by atoms with Gasteiger partial charge in [-0.15, -0.1) is 0 Å². The first kappa shape index (κ1) is 18.9. The molecule has 28 heavy (non-hydrogen) atoms. The van der Waals surface area contributed by atoms with E-state index in [1.54, 1.807) is 7.11 Å². The van der Waals surface area contributed by atoms with Gasteiger partial charge in [-0.1, -0.05) is 0 Å². The second-order valence-corrected chi connectivity index (χ2v) is 7.83. The normalized spacial score (nSPS) is 19.1. The van der Waals surface area contributed by atoms with Gasteiger partial charge >= 0.3 is 0 Å². The molecule has 0 amide bonds. The Kier molecular flexibility index (Phi) is 5.31. The van der Waals surface area contributed by atoms with Gasteiger partial charge in [0.2, 0.25) is 5.88 Å². The van der Waals surface area contributed by atoms with E-state index in [-0.39, 0.29) is 6.04 Å². The summed E-state index contributed by atoms with van der Waals surface area (Å²) in [6, 6.07) is 8.56. The van der Waals surface area contributed by atoms with Crippen molar-refractivity contribution in [1.82, 2.24) is 19.9 Å². The van der Waals surface area contributed by atoms with E-state index in [1.807, 2.05) is 19.9 Å². The Hall–Kier alpha value is -2.47. The number of likely N-dealkylation sites (tertiary alicyclic amines) is 1. The van der Waals surface area contributed by atoms with E-state index in [2.05, 4.69) is 40.0 Å². The van der Waals surface area contributed by atoms with Crippen LogP contribution in [0.2, 0.25) is 0 Å². The molecule has 6 nitrogen and oxygen atoms in total. The van der Waals surface area contributed by atoms with Crippen molar-refractivity contribution in [3.05, 3.63) is 47.1 Å². The maximum absolute atomic E-state index is 5.56. The molecule has 148 valence electrons. The highest BCUT2D eigenvalue weighted by molar-refractivity contribution is 5.67. The summed E-state index contributed by atoms with van der Waals surface area (Å²) in [6.07, 6.45) is 3.52. The van der Waals surface area contributed by atoms with Crippen molar-refractivity contribution in [2.45, 2.75) is 46.1 Å². The molecule has 4 heterocycles. The molecule has 0 saturated carbocycles. The zero-order valence-corrected chi connectivity index (χ0v) is 17.1. The fourth-order valence-corrected chi connectivity index (χ4v) is 4.24. The summed E-state index contributed by atoms with van der Waals surface area (Å²) in [5.41, 5.74) is 4.84. The summed E-state index contributed by atoms with van der Waals surface area (Å²) in [5.74, 6) is 1.99. The van der Waals surface area contributed by atoms with Crippen molar-refractivity contribution in [2.75, 3.05) is 20.2 Å². The maximum atomic E-state index is 5.56. The van der Waals surface area contributed by atoms with E-state index in [4.69, 9.17) is 14.1 Å². The molecule has 1 saturated heterocycles. The molecule has 0 aromatic carbocycles. The molecule has 2 atom stereocenters. The smallest absolute Gasteiger partial charge is 0.213 e. The molecule has 1 aliphatic heterocycles. The van der Waals surface area contributed by atoms with Crippen LogP contribution < -0.4 is 4.74 Å². The van der Waals surface area contributed by atoms with Gasteiger partial charge in [0.15, 0.2) is 17.1 Å². The van der Waals surface area contributed by atoms with Crippen molar-refractivity contribution in [3.8, 4) is 5.88 Å². The predicted octanol–water partition coefficient (Wildman–Crippen LogP) is 4.26. The first-order valence-corrected chi connectivity index (χ1v) is 10.0. The van der Waals surface area contributed by atoms with Gasteiger partial charge in [0.25, 0.3) is 0 Å². The number of ether oxygens (including phenoxy) is 1. The minimum Gasteiger partial charge on any atom is -0.481 e. The van der Waals surface area contributed by atoms with Crippen molar-refractivity contribution in [1.29, 1.82) is 0 Å². The second-order valence-electron chi connectivity index (χ2n) is 7.83. The van der Waals surface area contributed by atoms with Gasteiger partial charge in [0.05, 0.1) is 12.8 Å². The molecule has 1 aliphatic rings. The number of piperidine rings is 1. The Morgan fingerprint density at radius 1 is 1.21 bits per heavy atom. The standard InChI is InChI=1S/C22H28N4O2/c1-14-10-18(12-21(23-14)27-4)11-17-6-5-9-26(13-17)15(2)19-7-8-20-22(25-19)24-16(3)28-20/h7-8,10,12,15,17H,5-6,9,11,13H2,1-4H3. The van der Waals surface area contributed by atoms with Crippen molar-refractivity contribution in [3.63, 3.8) is 0 Å². The van der Waals surface area contributed by atoms with Crippen LogP contribution in [0.15, 0.2) is 28.7 Å². The lowest BCUT2D eigenvalue weighted by molar-refractivity contribution is 0.129. The van der Waals surface area contributed by atoms with E-state index in [9.17, 15) is 0 Å². The molecular weight excluding hydrogens is 352 g/mol. The number of fused-ring (bicyclic) bond motifs is 1. The van der Waals surface area contributed by atoms with Gasteiger partial charge in [-0.25, -0.2) is 9.97 Å². The quantitative estimate of drug-likeness (QED) is 0.659. The van der Waals surface area contributed by atoms with Crippen molar-refractivity contribution < 1.29 is 9.15 Å². The minimum absolute atomic E-state index is 0.262. The number of hydrogen-bond acceptors (Lipinski definition) is 6. The van der Waals surface area contributed by atoms with Gasteiger partial charge in [0, 0.05) is 31.3 Å². The third-order valence-electron chi connectivity index (χ3n) is 5.63. The lowest BCUT2D eigenvalue weighted by Gasteiger charge is -2.36. The molecule has 0 aliphatic carbocycles. The summed E-state index contributed by atoms with van der Waals surface area (Å²) in [7, 11) is 1.68. The number of methoxy groups -OCH3 is 1. The molecule has 1 fully saturated rings. The second kappa shape index (κ2) is 7.87. The highest BCUT2D eigenvalue weighted by Crippen LogP contribution is 2.29. The average Bonchev–Trinajstić information content (AvgIpc) is 3.06. The van der Waals surface area contributed by atoms with Crippen LogP contribution in [0.1, 0.15) is 48.6 Å². The van der Waals surface area contributed by atoms with E-state index in [1.165, 1.54) is 18.4 Å². The zero-order chi connectivity index (χ0) is 19.7. The van der Waals surface area contributed by atoms with E-state index in [0.29, 0.717) is 23.3 Å². The lowest BCUT2D eigenvalue weighted by Crippen LogP contribution is -2.38. The third kappa shape index (κ3) is 4.02. The minimum atomic E-state index is 0.262. The molecule has 4 rings (SSSR count). The maximum Gasteiger partial charge on any atom is 0.213 e. The Balaban J connectivity index is 1.47. The van der Waals surface area contributed by atoms with Crippen LogP contribution in [0.25, 0.3) is 11.2 Å². The number of hydrogen-bond donors (Lipinski definition) is 0. The molecule has 0 bridgehead atoms. The fraction of sp³-hybridized carbons (Fsp3) is 0.500. The topological polar surface area (TPSA) is 64.3 Å². The van der Waals surface area contributed by atoms with E-state index >= 15 is 0 Å². The Morgan fingerprint density at radius 3 is 2.89 bits per heavy atom. The van der Waals surface area contributed by atoms with Crippen molar-refractivity contribution >= 4 is 11.2 Å². The molecule has 6 heteroatoms. The Labute approximate surface area is 166 Å². The third-order valence-corrected chi connectivity index (χ3v) is 5.63. The van der Waals surface area contributed by atoms with Crippen LogP contribution in [0.3, 0.4) is 0 Å². The van der Waals surface area contributed by atoms with Gasteiger partial charge in [0.1, 0.15) is 0 Å². The fourth-order valence-electron chi connectivity index (χ4n) is 4.24. The van der Waals surface area contributed by atoms with Crippen LogP contribution >= 0.6 is 0 Å². The number of nitrogens with zero attached hydrogens (tertiary/aromatic N) is 4. The van der Waals surface area contributed by atoms with Crippen molar-refractivity contribution in [2.24, 2.45) is 5.92 Å². The molecule has 2 unspecified atom stereocenters. The Morgan fingerprint density at radius 2 is 2.07 bits per heavy atom. The summed E-state index contributed by atoms with van der Waals surface area (Å²) in [4.78, 5) is 16.1. The SMILES string of the molecule is COc1cc(CC2CCCN(C(C)c3ccc4oc(C)nc4n3)C2)cc(C)n1. The van der Waals surface area contributed by atoms with Crippen LogP contribution in [0.5, 0.6) is 5.88 Å². The highest BCUT2D eigenvalue weighted by Gasteiger charge is 2.26. The van der Waals surface area contributed by atoms with Gasteiger partial charge in [-0.05, 0) is 69.3 Å². The highest BCUT2D eigenvalue weighted by atomic mass is 16.5. The monoisotopic (exact) mass is 380 g/mol. The largest absolute Gasteiger partial charge is 0.481 e. The number of oxazole rings is 1. The lowest BCUT2D eigenvalue weighted by atomic mass is 9.90. The summed E-state index contributed by atoms with van der Waals surface area (Å²) < 4.78 is 10.9. The van der Waals surface area contributed by atoms with Crippen LogP contribution in [-0.4, -0.2) is 40.1 Å². The zero-order valence-electron chi connectivity index (χ0n) is 17.1. The van der Waals surface area contributed by atoms with Gasteiger partial charge in [-0.2, -0.15) is 4.98 Å². The number of pyridine rings is 2. The Bertz CT molecular complexity index is 968. The van der Waals surface area contributed by atoms with Crippen LogP contribution in [0.4, 0.5) is 0 Å². The molecule has 3 aromatic rings. The molecule has 0 radical (unpaired) electrons. The van der Waals surface area contributed by atoms with Crippen LogP contribution in [-0.2, 0) is 6.42 Å². The summed E-state index contributed by atoms with van der Waals surface area (Å²) >= 11 is 0. The molecule has 0 N–H and O–H groups in total. The van der Waals surface area contributed by atoms with Crippen LogP contribution in [0, 0.1) is 19.8 Å². The number of rotatable bonds is 5. The molecule has 0 spiro atoms. The van der Waals surface area contributed by atoms with E-state index < -0.39 is 0 Å². The summed E-state index contributed by atoms with van der Waals surface area (Å²) in [6.45, 7) is 8.30. The molecular formula is C22H28N4O2. The van der Waals surface area contributed by atoms with Gasteiger partial charge < -0.3 is 9.15 Å². The summed E-state index contributed by atoms with van der Waals surface area (Å²) in [5, 5.41) is 0. The van der Waals surface area contributed by atoms with E-state index in [0.717, 1.165) is 36.5 Å². The first-order chi connectivity index (χ1) is 13.5. The van der Waals surface area contributed by atoms with Gasteiger partial charge in [-0.3, -0.25) is 4.90 Å². The number of aromatic nitrogens is 3. The predicted molar refractivity (Wildman–Crippen MR) is 108 cm³/mol. The molecule has 3 aromatic heterocycles. The first-order valence-electron chi connectivity index (χ1n) is 10.0. The average molecular weight is 380 g/mol.